The van der Waals surface area contributed by atoms with E-state index in [0.717, 1.165) is 11.8 Å². The van der Waals surface area contributed by atoms with E-state index in [9.17, 15) is 0 Å². The number of nitriles is 2. The fraction of sp³-hybridized carbons (Fsp3) is 0. The lowest BCUT2D eigenvalue weighted by molar-refractivity contribution is 1.37. The predicted octanol–water partition coefficient (Wildman–Crippen LogP) is 2.78. The van der Waals surface area contributed by atoms with Crippen LogP contribution in [0.25, 0.3) is 0 Å². The molecule has 1 aromatic rings. The van der Waals surface area contributed by atoms with Gasteiger partial charge >= 0.3 is 0 Å². The van der Waals surface area contributed by atoms with E-state index < -0.39 is 0 Å². The summed E-state index contributed by atoms with van der Waals surface area (Å²) in [6, 6.07) is 6.98. The molecule has 1 rings (SSSR count). The van der Waals surface area contributed by atoms with Gasteiger partial charge in [-0.1, -0.05) is 17.7 Å². The summed E-state index contributed by atoms with van der Waals surface area (Å²) in [6.07, 6.45) is 0. The minimum atomic E-state index is 0.366. The highest BCUT2D eigenvalue weighted by Crippen LogP contribution is 2.26. The molecule has 0 unspecified atom stereocenters. The summed E-state index contributed by atoms with van der Waals surface area (Å²) in [6.45, 7) is 0. The first-order chi connectivity index (χ1) is 5.79. The van der Waals surface area contributed by atoms with Crippen molar-refractivity contribution >= 4 is 23.4 Å². The molecule has 0 saturated heterocycles. The number of thioether (sulfide) groups is 1. The zero-order valence-corrected chi connectivity index (χ0v) is 7.49. The van der Waals surface area contributed by atoms with Gasteiger partial charge in [0.1, 0.15) is 11.5 Å². The second kappa shape index (κ2) is 4.01. The highest BCUT2D eigenvalue weighted by molar-refractivity contribution is 8.03. The van der Waals surface area contributed by atoms with Crippen molar-refractivity contribution in [3.63, 3.8) is 0 Å². The van der Waals surface area contributed by atoms with Crippen LogP contribution in [0.15, 0.2) is 23.1 Å². The van der Waals surface area contributed by atoms with E-state index in [1.54, 1.807) is 18.2 Å². The highest BCUT2D eigenvalue weighted by atomic mass is 35.5. The lowest BCUT2D eigenvalue weighted by atomic mass is 10.2. The van der Waals surface area contributed by atoms with E-state index in [2.05, 4.69) is 0 Å². The van der Waals surface area contributed by atoms with Crippen LogP contribution in [0.5, 0.6) is 0 Å². The van der Waals surface area contributed by atoms with Gasteiger partial charge in [-0.05, 0) is 23.9 Å². The fourth-order valence-electron chi connectivity index (χ4n) is 0.747. The maximum atomic E-state index is 8.67. The molecule has 1 aromatic carbocycles. The Morgan fingerprint density at radius 1 is 1.33 bits per heavy atom. The number of rotatable bonds is 1. The summed E-state index contributed by atoms with van der Waals surface area (Å²) in [5.74, 6) is 0. The van der Waals surface area contributed by atoms with Crippen LogP contribution in [0.2, 0.25) is 5.02 Å². The van der Waals surface area contributed by atoms with E-state index in [1.165, 1.54) is 0 Å². The standard InChI is InChI=1S/C8H3ClN2S/c9-7-2-1-3-8(12-5-11)6(7)4-10/h1-3H. The molecule has 0 spiro atoms. The molecule has 2 nitrogen and oxygen atoms in total. The largest absolute Gasteiger partial charge is 0.192 e. The molecule has 4 heteroatoms. The first-order valence-electron chi connectivity index (χ1n) is 3.04. The Labute approximate surface area is 79.4 Å². The van der Waals surface area contributed by atoms with Crippen LogP contribution in [-0.4, -0.2) is 0 Å². The summed E-state index contributed by atoms with van der Waals surface area (Å²) in [7, 11) is 0. The van der Waals surface area contributed by atoms with Crippen molar-refractivity contribution in [3.8, 4) is 11.5 Å². The van der Waals surface area contributed by atoms with Gasteiger partial charge < -0.3 is 0 Å². The summed E-state index contributed by atoms with van der Waals surface area (Å²) in [5, 5.41) is 19.3. The predicted molar refractivity (Wildman–Crippen MR) is 47.6 cm³/mol. The van der Waals surface area contributed by atoms with Crippen LogP contribution in [0.4, 0.5) is 0 Å². The normalized spacial score (nSPS) is 8.58. The van der Waals surface area contributed by atoms with Gasteiger partial charge in [0.25, 0.3) is 0 Å². The third-order valence-corrected chi connectivity index (χ3v) is 2.21. The molecular weight excluding hydrogens is 192 g/mol. The van der Waals surface area contributed by atoms with E-state index >= 15 is 0 Å². The van der Waals surface area contributed by atoms with Crippen LogP contribution in [0.1, 0.15) is 5.56 Å². The number of thiocyanates is 1. The van der Waals surface area contributed by atoms with Crippen molar-refractivity contribution in [2.75, 3.05) is 0 Å². The SMILES string of the molecule is N#CSc1cccc(Cl)c1C#N. The molecular formula is C8H3ClN2S. The molecule has 0 heterocycles. The zero-order valence-electron chi connectivity index (χ0n) is 5.91. The Morgan fingerprint density at radius 2 is 2.08 bits per heavy atom. The molecule has 0 atom stereocenters. The van der Waals surface area contributed by atoms with Crippen LogP contribution in [-0.2, 0) is 0 Å². The molecule has 0 saturated carbocycles. The Hall–Kier alpha value is -1.16. The number of benzene rings is 1. The first-order valence-corrected chi connectivity index (χ1v) is 4.23. The second-order valence-electron chi connectivity index (χ2n) is 1.92. The van der Waals surface area contributed by atoms with E-state index in [1.807, 2.05) is 11.5 Å². The van der Waals surface area contributed by atoms with E-state index in [4.69, 9.17) is 22.1 Å². The molecule has 0 aliphatic rings. The molecule has 58 valence electrons. The lowest BCUT2D eigenvalue weighted by Crippen LogP contribution is -1.80. The molecule has 0 bridgehead atoms. The van der Waals surface area contributed by atoms with Crippen molar-refractivity contribution in [1.82, 2.24) is 0 Å². The van der Waals surface area contributed by atoms with Gasteiger partial charge in [0, 0.05) is 4.90 Å². The number of hydrogen-bond donors (Lipinski definition) is 0. The van der Waals surface area contributed by atoms with Crippen LogP contribution >= 0.6 is 23.4 Å². The molecule has 0 aliphatic heterocycles. The Kier molecular flexibility index (Phi) is 2.99. The molecule has 0 aliphatic carbocycles. The monoisotopic (exact) mass is 194 g/mol. The molecule has 12 heavy (non-hydrogen) atoms. The average molecular weight is 195 g/mol. The number of nitrogens with zero attached hydrogens (tertiary/aromatic N) is 2. The van der Waals surface area contributed by atoms with Gasteiger partial charge in [-0.3, -0.25) is 0 Å². The van der Waals surface area contributed by atoms with E-state index in [-0.39, 0.29) is 0 Å². The van der Waals surface area contributed by atoms with Crippen LogP contribution in [0.3, 0.4) is 0 Å². The molecule has 0 amide bonds. The molecule has 0 radical (unpaired) electrons. The van der Waals surface area contributed by atoms with Crippen molar-refractivity contribution < 1.29 is 0 Å². The summed E-state index contributed by atoms with van der Waals surface area (Å²) in [4.78, 5) is 0.604. The minimum Gasteiger partial charge on any atom is -0.192 e. The summed E-state index contributed by atoms with van der Waals surface area (Å²) in [5.41, 5.74) is 0.366. The topological polar surface area (TPSA) is 47.6 Å². The van der Waals surface area contributed by atoms with Gasteiger partial charge in [-0.25, -0.2) is 0 Å². The Bertz CT molecular complexity index is 376. The second-order valence-corrected chi connectivity index (χ2v) is 3.15. The minimum absolute atomic E-state index is 0.366. The van der Waals surface area contributed by atoms with Crippen LogP contribution in [0, 0.1) is 22.0 Å². The maximum Gasteiger partial charge on any atom is 0.138 e. The van der Waals surface area contributed by atoms with Gasteiger partial charge in [-0.15, -0.1) is 0 Å². The van der Waals surface area contributed by atoms with Crippen molar-refractivity contribution in [2.24, 2.45) is 0 Å². The van der Waals surface area contributed by atoms with Gasteiger partial charge in [-0.2, -0.15) is 10.5 Å². The van der Waals surface area contributed by atoms with Gasteiger partial charge in [0.2, 0.25) is 0 Å². The molecule has 0 aromatic heterocycles. The Balaban J connectivity index is 3.23. The third-order valence-electron chi connectivity index (χ3n) is 1.24. The molecule has 0 N–H and O–H groups in total. The highest BCUT2D eigenvalue weighted by Gasteiger charge is 2.05. The first kappa shape index (κ1) is 8.93. The van der Waals surface area contributed by atoms with Gasteiger partial charge in [0.15, 0.2) is 0 Å². The van der Waals surface area contributed by atoms with Crippen molar-refractivity contribution in [2.45, 2.75) is 4.90 Å². The van der Waals surface area contributed by atoms with E-state index in [0.29, 0.717) is 15.5 Å². The van der Waals surface area contributed by atoms with Crippen molar-refractivity contribution in [3.05, 3.63) is 28.8 Å². The van der Waals surface area contributed by atoms with Crippen LogP contribution < -0.4 is 0 Å². The Morgan fingerprint density at radius 3 is 2.67 bits per heavy atom. The molecule has 0 fully saturated rings. The smallest absolute Gasteiger partial charge is 0.138 e. The zero-order chi connectivity index (χ0) is 8.97. The number of hydrogen-bond acceptors (Lipinski definition) is 3. The fourth-order valence-corrected chi connectivity index (χ4v) is 1.52. The van der Waals surface area contributed by atoms with Crippen molar-refractivity contribution in [1.29, 1.82) is 10.5 Å². The summed E-state index contributed by atoms with van der Waals surface area (Å²) < 4.78 is 0. The summed E-state index contributed by atoms with van der Waals surface area (Å²) >= 11 is 6.66. The number of halogens is 1. The third kappa shape index (κ3) is 1.71. The average Bonchev–Trinajstić information content (AvgIpc) is 2.05. The lowest BCUT2D eigenvalue weighted by Gasteiger charge is -1.97. The maximum absolute atomic E-state index is 8.67. The van der Waals surface area contributed by atoms with Gasteiger partial charge in [0.05, 0.1) is 10.6 Å². The quantitative estimate of drug-likeness (QED) is 0.510.